The molecular weight excluding hydrogens is 292 g/mol. The van der Waals surface area contributed by atoms with Gasteiger partial charge in [0.2, 0.25) is 0 Å². The highest BCUT2D eigenvalue weighted by Gasteiger charge is 2.16. The predicted octanol–water partition coefficient (Wildman–Crippen LogP) is 3.80. The second kappa shape index (κ2) is 6.68. The standard InChI is InChI=1S/C15H19ClN2OS/c1-9(15-10(2)18-11(3)20-15)17-8-14(19)12-6-4-5-7-13(12)16/h4-7,9,14,17,19H,8H2,1-3H3. The number of nitrogens with one attached hydrogen (secondary N) is 1. The second-order valence-electron chi connectivity index (χ2n) is 4.85. The molecule has 2 rings (SSSR count). The third-order valence-electron chi connectivity index (χ3n) is 3.21. The fraction of sp³-hybridized carbons (Fsp3) is 0.400. The van der Waals surface area contributed by atoms with Crippen molar-refractivity contribution in [3.63, 3.8) is 0 Å². The SMILES string of the molecule is Cc1nc(C)c(C(C)NCC(O)c2ccccc2Cl)s1. The van der Waals surface area contributed by atoms with Gasteiger partial charge >= 0.3 is 0 Å². The lowest BCUT2D eigenvalue weighted by molar-refractivity contribution is 0.171. The molecule has 5 heteroatoms. The highest BCUT2D eigenvalue weighted by atomic mass is 35.5. The molecule has 0 saturated carbocycles. The summed E-state index contributed by atoms with van der Waals surface area (Å²) in [6.07, 6.45) is -0.611. The molecule has 108 valence electrons. The van der Waals surface area contributed by atoms with Gasteiger partial charge in [0, 0.05) is 28.0 Å². The molecule has 0 aliphatic carbocycles. The average molecular weight is 311 g/mol. The van der Waals surface area contributed by atoms with Gasteiger partial charge in [0.15, 0.2) is 0 Å². The van der Waals surface area contributed by atoms with Gasteiger partial charge in [-0.25, -0.2) is 4.98 Å². The first kappa shape index (κ1) is 15.4. The van der Waals surface area contributed by atoms with E-state index in [2.05, 4.69) is 17.2 Å². The maximum absolute atomic E-state index is 10.2. The lowest BCUT2D eigenvalue weighted by Gasteiger charge is -2.17. The van der Waals surface area contributed by atoms with Crippen molar-refractivity contribution < 1.29 is 5.11 Å². The smallest absolute Gasteiger partial charge is 0.0928 e. The summed E-state index contributed by atoms with van der Waals surface area (Å²) in [6.45, 7) is 6.56. The quantitative estimate of drug-likeness (QED) is 0.883. The summed E-state index contributed by atoms with van der Waals surface area (Å²) in [4.78, 5) is 5.64. The summed E-state index contributed by atoms with van der Waals surface area (Å²) in [7, 11) is 0. The molecule has 0 spiro atoms. The Labute approximate surface area is 128 Å². The predicted molar refractivity (Wildman–Crippen MR) is 84.4 cm³/mol. The molecule has 2 unspecified atom stereocenters. The van der Waals surface area contributed by atoms with E-state index in [0.29, 0.717) is 11.6 Å². The molecule has 0 fully saturated rings. The Bertz CT molecular complexity index is 585. The molecule has 0 bridgehead atoms. The van der Waals surface area contributed by atoms with E-state index in [-0.39, 0.29) is 6.04 Å². The molecule has 1 aromatic heterocycles. The molecule has 3 nitrogen and oxygen atoms in total. The van der Waals surface area contributed by atoms with Crippen LogP contribution in [0.1, 0.15) is 40.2 Å². The Morgan fingerprint density at radius 2 is 2.05 bits per heavy atom. The average Bonchev–Trinajstić information content (AvgIpc) is 2.75. The zero-order valence-corrected chi connectivity index (χ0v) is 13.4. The number of aryl methyl sites for hydroxylation is 2. The third kappa shape index (κ3) is 3.58. The van der Waals surface area contributed by atoms with E-state index in [9.17, 15) is 5.11 Å². The van der Waals surface area contributed by atoms with Crippen molar-refractivity contribution in [2.45, 2.75) is 32.9 Å². The van der Waals surface area contributed by atoms with Crippen molar-refractivity contribution in [2.24, 2.45) is 0 Å². The van der Waals surface area contributed by atoms with Gasteiger partial charge in [0.1, 0.15) is 0 Å². The van der Waals surface area contributed by atoms with E-state index in [1.165, 1.54) is 4.88 Å². The van der Waals surface area contributed by atoms with Gasteiger partial charge in [-0.15, -0.1) is 11.3 Å². The molecule has 0 aliphatic rings. The van der Waals surface area contributed by atoms with Crippen LogP contribution in [-0.4, -0.2) is 16.6 Å². The maximum atomic E-state index is 10.2. The minimum atomic E-state index is -0.611. The number of halogens is 1. The van der Waals surface area contributed by atoms with Crippen LogP contribution in [0.3, 0.4) is 0 Å². The van der Waals surface area contributed by atoms with Crippen LogP contribution in [0.5, 0.6) is 0 Å². The Balaban J connectivity index is 1.98. The first-order valence-corrected chi connectivity index (χ1v) is 7.78. The first-order chi connectivity index (χ1) is 9.49. The van der Waals surface area contributed by atoms with Crippen LogP contribution in [0.15, 0.2) is 24.3 Å². The Hall–Kier alpha value is -0.940. The van der Waals surface area contributed by atoms with Crippen molar-refractivity contribution in [3.05, 3.63) is 50.4 Å². The third-order valence-corrected chi connectivity index (χ3v) is 4.81. The molecule has 0 amide bonds. The Morgan fingerprint density at radius 3 is 2.65 bits per heavy atom. The topological polar surface area (TPSA) is 45.2 Å². The van der Waals surface area contributed by atoms with E-state index in [0.717, 1.165) is 16.3 Å². The van der Waals surface area contributed by atoms with Gasteiger partial charge in [-0.3, -0.25) is 0 Å². The molecule has 2 N–H and O–H groups in total. The maximum Gasteiger partial charge on any atom is 0.0928 e. The van der Waals surface area contributed by atoms with Crippen molar-refractivity contribution >= 4 is 22.9 Å². The minimum Gasteiger partial charge on any atom is -0.387 e. The lowest BCUT2D eigenvalue weighted by Crippen LogP contribution is -2.24. The molecule has 1 aromatic carbocycles. The van der Waals surface area contributed by atoms with Crippen molar-refractivity contribution in [2.75, 3.05) is 6.54 Å². The van der Waals surface area contributed by atoms with Crippen LogP contribution in [0.2, 0.25) is 5.02 Å². The number of rotatable bonds is 5. The van der Waals surface area contributed by atoms with Crippen LogP contribution in [0, 0.1) is 13.8 Å². The van der Waals surface area contributed by atoms with Crippen LogP contribution in [-0.2, 0) is 0 Å². The zero-order valence-electron chi connectivity index (χ0n) is 11.9. The van der Waals surface area contributed by atoms with Gasteiger partial charge in [-0.2, -0.15) is 0 Å². The lowest BCUT2D eigenvalue weighted by atomic mass is 10.1. The molecule has 1 heterocycles. The van der Waals surface area contributed by atoms with Gasteiger partial charge in [-0.05, 0) is 26.8 Å². The zero-order chi connectivity index (χ0) is 14.7. The number of aliphatic hydroxyl groups excluding tert-OH is 1. The highest BCUT2D eigenvalue weighted by molar-refractivity contribution is 7.11. The van der Waals surface area contributed by atoms with Crippen LogP contribution in [0.25, 0.3) is 0 Å². The summed E-state index contributed by atoms with van der Waals surface area (Å²) in [5.41, 5.74) is 1.81. The highest BCUT2D eigenvalue weighted by Crippen LogP contribution is 2.26. The first-order valence-electron chi connectivity index (χ1n) is 6.59. The summed E-state index contributed by atoms with van der Waals surface area (Å²) in [6, 6.07) is 7.54. The number of hydrogen-bond acceptors (Lipinski definition) is 4. The minimum absolute atomic E-state index is 0.165. The molecule has 2 atom stereocenters. The van der Waals surface area contributed by atoms with E-state index in [1.807, 2.05) is 32.0 Å². The number of thiazole rings is 1. The summed E-state index contributed by atoms with van der Waals surface area (Å²) in [5, 5.41) is 15.2. The number of aromatic nitrogens is 1. The monoisotopic (exact) mass is 310 g/mol. The number of benzene rings is 1. The number of nitrogens with zero attached hydrogens (tertiary/aromatic N) is 1. The molecule has 2 aromatic rings. The molecule has 0 aliphatic heterocycles. The van der Waals surface area contributed by atoms with Gasteiger partial charge < -0.3 is 10.4 Å². The Morgan fingerprint density at radius 1 is 1.35 bits per heavy atom. The summed E-state index contributed by atoms with van der Waals surface area (Å²) < 4.78 is 0. The van der Waals surface area contributed by atoms with Crippen molar-refractivity contribution in [3.8, 4) is 0 Å². The van der Waals surface area contributed by atoms with E-state index < -0.39 is 6.10 Å². The van der Waals surface area contributed by atoms with E-state index in [1.54, 1.807) is 17.4 Å². The molecule has 0 saturated heterocycles. The van der Waals surface area contributed by atoms with E-state index in [4.69, 9.17) is 11.6 Å². The number of aliphatic hydroxyl groups is 1. The van der Waals surface area contributed by atoms with Gasteiger partial charge in [0.05, 0.1) is 16.8 Å². The van der Waals surface area contributed by atoms with Crippen molar-refractivity contribution in [1.82, 2.24) is 10.3 Å². The van der Waals surface area contributed by atoms with Crippen LogP contribution >= 0.6 is 22.9 Å². The van der Waals surface area contributed by atoms with Gasteiger partial charge in [-0.1, -0.05) is 29.8 Å². The Kier molecular flexibility index (Phi) is 5.16. The molecular formula is C15H19ClN2OS. The molecule has 20 heavy (non-hydrogen) atoms. The largest absolute Gasteiger partial charge is 0.387 e. The van der Waals surface area contributed by atoms with Crippen LogP contribution in [0.4, 0.5) is 0 Å². The summed E-state index contributed by atoms with van der Waals surface area (Å²) >= 11 is 7.78. The fourth-order valence-corrected chi connectivity index (χ4v) is 3.40. The van der Waals surface area contributed by atoms with Crippen LogP contribution < -0.4 is 5.32 Å². The summed E-state index contributed by atoms with van der Waals surface area (Å²) in [5.74, 6) is 0. The molecule has 0 radical (unpaired) electrons. The van der Waals surface area contributed by atoms with Gasteiger partial charge in [0.25, 0.3) is 0 Å². The van der Waals surface area contributed by atoms with E-state index >= 15 is 0 Å². The fourth-order valence-electron chi connectivity index (χ4n) is 2.19. The number of hydrogen-bond donors (Lipinski definition) is 2. The van der Waals surface area contributed by atoms with Crippen molar-refractivity contribution in [1.29, 1.82) is 0 Å². The normalized spacial score (nSPS) is 14.2. The second-order valence-corrected chi connectivity index (χ2v) is 6.49.